The maximum absolute atomic E-state index is 12.3. The van der Waals surface area contributed by atoms with Crippen molar-refractivity contribution in [2.45, 2.75) is 56.5 Å². The van der Waals surface area contributed by atoms with Crippen LogP contribution in [-0.4, -0.2) is 37.9 Å². The Balaban J connectivity index is 1.31. The third-order valence-electron chi connectivity index (χ3n) is 8.37. The van der Waals surface area contributed by atoms with Gasteiger partial charge in [0.05, 0.1) is 11.6 Å². The van der Waals surface area contributed by atoms with Crippen LogP contribution in [0.1, 0.15) is 67.8 Å². The summed E-state index contributed by atoms with van der Waals surface area (Å²) in [7, 11) is 1.97. The molecule has 0 amide bonds. The average molecular weight is 482 g/mol. The van der Waals surface area contributed by atoms with E-state index in [0.29, 0.717) is 5.92 Å². The maximum Gasteiger partial charge on any atom is 0.163 e. The Kier molecular flexibility index (Phi) is 6.22. The second kappa shape index (κ2) is 9.66. The van der Waals surface area contributed by atoms with Crippen molar-refractivity contribution < 1.29 is 5.11 Å². The first-order chi connectivity index (χ1) is 17.6. The smallest absolute Gasteiger partial charge is 0.163 e. The van der Waals surface area contributed by atoms with Crippen LogP contribution >= 0.6 is 0 Å². The average Bonchev–Trinajstić information content (AvgIpc) is 3.34. The first kappa shape index (κ1) is 23.2. The minimum atomic E-state index is -1.02. The highest BCUT2D eigenvalue weighted by atomic mass is 16.3. The van der Waals surface area contributed by atoms with E-state index in [-0.39, 0.29) is 5.92 Å². The Morgan fingerprint density at radius 2 is 1.42 bits per heavy atom. The first-order valence-electron chi connectivity index (χ1n) is 13.4. The van der Waals surface area contributed by atoms with Crippen LogP contribution < -0.4 is 4.90 Å². The van der Waals surface area contributed by atoms with Crippen LogP contribution in [0.4, 0.5) is 5.82 Å². The lowest BCUT2D eigenvalue weighted by Crippen LogP contribution is -2.44. The molecule has 1 saturated carbocycles. The molecule has 186 valence electrons. The molecule has 0 radical (unpaired) electrons. The van der Waals surface area contributed by atoms with Crippen molar-refractivity contribution in [2.24, 2.45) is 13.0 Å². The lowest BCUT2D eigenvalue weighted by Gasteiger charge is -2.42. The van der Waals surface area contributed by atoms with Crippen LogP contribution in [0.3, 0.4) is 0 Å². The summed E-state index contributed by atoms with van der Waals surface area (Å²) in [5.41, 5.74) is 1.83. The van der Waals surface area contributed by atoms with Crippen LogP contribution in [0.25, 0.3) is 11.0 Å². The highest BCUT2D eigenvalue weighted by Crippen LogP contribution is 2.43. The number of rotatable bonds is 5. The summed E-state index contributed by atoms with van der Waals surface area (Å²) in [6.45, 7) is 1.69. The minimum absolute atomic E-state index is 0.114. The van der Waals surface area contributed by atoms with E-state index in [1.807, 2.05) is 54.3 Å². The van der Waals surface area contributed by atoms with E-state index in [1.54, 1.807) is 0 Å². The summed E-state index contributed by atoms with van der Waals surface area (Å²) in [6.07, 6.45) is 9.85. The predicted molar refractivity (Wildman–Crippen MR) is 143 cm³/mol. The van der Waals surface area contributed by atoms with Gasteiger partial charge in [0, 0.05) is 26.1 Å². The molecule has 6 rings (SSSR count). The van der Waals surface area contributed by atoms with Crippen molar-refractivity contribution in [2.75, 3.05) is 18.0 Å². The molecule has 2 aromatic carbocycles. The number of anilines is 1. The van der Waals surface area contributed by atoms with Gasteiger partial charge in [-0.2, -0.15) is 5.10 Å². The van der Waals surface area contributed by atoms with Crippen molar-refractivity contribution in [1.82, 2.24) is 19.7 Å². The molecule has 3 heterocycles. The van der Waals surface area contributed by atoms with E-state index in [0.717, 1.165) is 59.7 Å². The maximum atomic E-state index is 12.3. The van der Waals surface area contributed by atoms with Gasteiger partial charge in [-0.15, -0.1) is 0 Å². The molecule has 0 bridgehead atoms. The molecule has 2 aliphatic rings. The lowest BCUT2D eigenvalue weighted by molar-refractivity contribution is 0.00502. The zero-order valence-corrected chi connectivity index (χ0v) is 21.1. The molecule has 0 spiro atoms. The number of fused-ring (bicyclic) bond motifs is 1. The molecular weight excluding hydrogens is 446 g/mol. The molecule has 6 heteroatoms. The third kappa shape index (κ3) is 4.07. The molecule has 0 atom stereocenters. The topological polar surface area (TPSA) is 67.1 Å². The zero-order valence-electron chi connectivity index (χ0n) is 21.1. The van der Waals surface area contributed by atoms with Crippen molar-refractivity contribution in [3.05, 3.63) is 83.8 Å². The second-order valence-electron chi connectivity index (χ2n) is 10.5. The number of benzene rings is 2. The first-order valence-corrected chi connectivity index (χ1v) is 13.4. The lowest BCUT2D eigenvalue weighted by atomic mass is 9.72. The summed E-state index contributed by atoms with van der Waals surface area (Å²) in [5, 5.41) is 17.8. The quantitative estimate of drug-likeness (QED) is 0.404. The van der Waals surface area contributed by atoms with Crippen LogP contribution in [0.5, 0.6) is 0 Å². The Bertz CT molecular complexity index is 1270. The van der Waals surface area contributed by atoms with Gasteiger partial charge in [-0.05, 0) is 42.7 Å². The van der Waals surface area contributed by atoms with Gasteiger partial charge in [0.1, 0.15) is 17.2 Å². The molecular formula is C30H35N5O. The van der Waals surface area contributed by atoms with Crippen molar-refractivity contribution in [3.63, 3.8) is 0 Å². The number of nitrogens with zero attached hydrogens (tertiary/aromatic N) is 5. The van der Waals surface area contributed by atoms with E-state index < -0.39 is 5.60 Å². The number of hydrogen-bond acceptors (Lipinski definition) is 5. The van der Waals surface area contributed by atoms with E-state index in [1.165, 1.54) is 32.1 Å². The molecule has 1 aliphatic carbocycles. The number of piperidine rings is 1. The Labute approximate surface area is 213 Å². The molecule has 6 nitrogen and oxygen atoms in total. The van der Waals surface area contributed by atoms with Crippen LogP contribution in [0, 0.1) is 5.92 Å². The van der Waals surface area contributed by atoms with Crippen molar-refractivity contribution >= 4 is 16.9 Å². The third-order valence-corrected chi connectivity index (χ3v) is 8.37. The molecule has 4 aromatic rings. The van der Waals surface area contributed by atoms with E-state index in [9.17, 15) is 5.11 Å². The minimum Gasteiger partial charge on any atom is -0.380 e. The van der Waals surface area contributed by atoms with Crippen molar-refractivity contribution in [3.8, 4) is 0 Å². The zero-order chi connectivity index (χ0) is 24.5. The van der Waals surface area contributed by atoms with E-state index >= 15 is 0 Å². The van der Waals surface area contributed by atoms with Gasteiger partial charge in [-0.3, -0.25) is 4.68 Å². The SMILES string of the molecule is Cn1ncc2c(N3CCC(C(O)(c4ccccc4)c4ccccc4)CC3)nc(C3CCCCC3)nc21. The monoisotopic (exact) mass is 481 g/mol. The number of aryl methyl sites for hydroxylation is 1. The van der Waals surface area contributed by atoms with Gasteiger partial charge < -0.3 is 10.0 Å². The molecule has 1 aliphatic heterocycles. The van der Waals surface area contributed by atoms with Gasteiger partial charge in [0.2, 0.25) is 0 Å². The summed E-state index contributed by atoms with van der Waals surface area (Å²) in [6, 6.07) is 20.3. The van der Waals surface area contributed by atoms with Gasteiger partial charge in [0.15, 0.2) is 5.65 Å². The van der Waals surface area contributed by atoms with Gasteiger partial charge in [0.25, 0.3) is 0 Å². The van der Waals surface area contributed by atoms with Crippen LogP contribution in [0.2, 0.25) is 0 Å². The van der Waals surface area contributed by atoms with Crippen molar-refractivity contribution in [1.29, 1.82) is 0 Å². The summed E-state index contributed by atoms with van der Waals surface area (Å²) >= 11 is 0. The molecule has 1 N–H and O–H groups in total. The number of hydrogen-bond donors (Lipinski definition) is 1. The summed E-state index contributed by atoms with van der Waals surface area (Å²) < 4.78 is 1.88. The summed E-state index contributed by atoms with van der Waals surface area (Å²) in [4.78, 5) is 12.5. The van der Waals surface area contributed by atoms with E-state index in [4.69, 9.17) is 9.97 Å². The summed E-state index contributed by atoms with van der Waals surface area (Å²) in [5.74, 6) is 2.54. The van der Waals surface area contributed by atoms with E-state index in [2.05, 4.69) is 34.3 Å². The van der Waals surface area contributed by atoms with Gasteiger partial charge >= 0.3 is 0 Å². The molecule has 36 heavy (non-hydrogen) atoms. The Morgan fingerprint density at radius 3 is 2.03 bits per heavy atom. The molecule has 1 saturated heterocycles. The van der Waals surface area contributed by atoms with Crippen LogP contribution in [-0.2, 0) is 12.6 Å². The second-order valence-corrected chi connectivity index (χ2v) is 10.5. The van der Waals surface area contributed by atoms with Gasteiger partial charge in [-0.25, -0.2) is 9.97 Å². The van der Waals surface area contributed by atoms with Gasteiger partial charge in [-0.1, -0.05) is 79.9 Å². The van der Waals surface area contributed by atoms with Crippen LogP contribution in [0.15, 0.2) is 66.9 Å². The fourth-order valence-electron chi connectivity index (χ4n) is 6.34. The number of aromatic nitrogens is 4. The number of aliphatic hydroxyl groups is 1. The fourth-order valence-corrected chi connectivity index (χ4v) is 6.34. The normalized spacial score (nSPS) is 18.1. The highest BCUT2D eigenvalue weighted by Gasteiger charge is 2.42. The Hall–Kier alpha value is -3.25. The largest absolute Gasteiger partial charge is 0.380 e. The predicted octanol–water partition coefficient (Wildman–Crippen LogP) is 5.56. The highest BCUT2D eigenvalue weighted by molar-refractivity contribution is 5.87. The molecule has 2 aromatic heterocycles. The standard InChI is InChI=1S/C30H35N5O/c1-34-28-26(21-31-34)29(33-27(32-28)22-11-5-2-6-12-22)35-19-17-25(18-20-35)30(36,23-13-7-3-8-14-23)24-15-9-4-10-16-24/h3-4,7-10,13-16,21-22,25,36H,2,5-6,11-12,17-20H2,1H3. The molecule has 0 unspecified atom stereocenters. The fraction of sp³-hybridized carbons (Fsp3) is 0.433. The molecule has 2 fully saturated rings. The Morgan fingerprint density at radius 1 is 0.806 bits per heavy atom.